The fourth-order valence-corrected chi connectivity index (χ4v) is 5.91. The molecule has 0 aliphatic rings. The molecule has 11 heteroatoms. The number of thioether (sulfide) groups is 1. The van der Waals surface area contributed by atoms with Gasteiger partial charge in [-0.2, -0.15) is 0 Å². The second-order valence-electron chi connectivity index (χ2n) is 7.71. The molecule has 186 valence electrons. The number of carbonyl (C=O) groups is 1. The molecule has 0 saturated heterocycles. The molecule has 1 N–H and O–H groups in total. The number of methoxy groups -OCH3 is 1. The van der Waals surface area contributed by atoms with Gasteiger partial charge in [-0.3, -0.25) is 14.4 Å². The number of carbonyl (C=O) groups excluding carboxylic acids is 1. The summed E-state index contributed by atoms with van der Waals surface area (Å²) in [5.74, 6) is 0.189. The van der Waals surface area contributed by atoms with Crippen LogP contribution in [0.15, 0.2) is 82.6 Å². The quantitative estimate of drug-likeness (QED) is 0.296. The van der Waals surface area contributed by atoms with E-state index in [9.17, 15) is 13.2 Å². The molecule has 1 amide bonds. The second kappa shape index (κ2) is 11.1. The summed E-state index contributed by atoms with van der Waals surface area (Å²) in [6.07, 6.45) is 1.92. The van der Waals surface area contributed by atoms with Crippen molar-refractivity contribution >= 4 is 49.8 Å². The van der Waals surface area contributed by atoms with E-state index in [1.807, 2.05) is 37.4 Å². The summed E-state index contributed by atoms with van der Waals surface area (Å²) < 4.78 is 33.4. The van der Waals surface area contributed by atoms with Gasteiger partial charge in [-0.25, -0.2) is 8.42 Å². The van der Waals surface area contributed by atoms with E-state index in [0.717, 1.165) is 26.1 Å². The first-order valence-corrected chi connectivity index (χ1v) is 14.3. The molecule has 4 rings (SSSR count). The van der Waals surface area contributed by atoms with Crippen LogP contribution in [-0.2, 0) is 14.8 Å². The number of anilines is 2. The van der Waals surface area contributed by atoms with Crippen molar-refractivity contribution in [1.29, 1.82) is 0 Å². The van der Waals surface area contributed by atoms with Gasteiger partial charge < -0.3 is 4.74 Å². The normalized spacial score (nSPS) is 11.2. The maximum Gasteiger partial charge on any atom is 0.264 e. The van der Waals surface area contributed by atoms with Crippen LogP contribution in [0.5, 0.6) is 5.75 Å². The van der Waals surface area contributed by atoms with Crippen LogP contribution in [0.4, 0.5) is 10.8 Å². The first kappa shape index (κ1) is 25.7. The number of hydrogen-bond acceptors (Lipinski definition) is 8. The molecule has 3 aromatic carbocycles. The van der Waals surface area contributed by atoms with Crippen molar-refractivity contribution in [3.05, 3.63) is 78.4 Å². The van der Waals surface area contributed by atoms with E-state index in [4.69, 9.17) is 4.74 Å². The lowest BCUT2D eigenvalue weighted by atomic mass is 10.2. The van der Waals surface area contributed by atoms with Crippen LogP contribution < -0.4 is 14.4 Å². The van der Waals surface area contributed by atoms with E-state index in [-0.39, 0.29) is 10.0 Å². The van der Waals surface area contributed by atoms with Gasteiger partial charge in [0.15, 0.2) is 0 Å². The molecule has 36 heavy (non-hydrogen) atoms. The molecule has 0 bridgehead atoms. The van der Waals surface area contributed by atoms with Gasteiger partial charge >= 0.3 is 0 Å². The highest BCUT2D eigenvalue weighted by atomic mass is 32.2. The molecule has 8 nitrogen and oxygen atoms in total. The van der Waals surface area contributed by atoms with E-state index in [2.05, 4.69) is 15.5 Å². The minimum atomic E-state index is -4.00. The van der Waals surface area contributed by atoms with Crippen LogP contribution in [0.25, 0.3) is 10.6 Å². The van der Waals surface area contributed by atoms with Crippen LogP contribution in [0, 0.1) is 6.92 Å². The van der Waals surface area contributed by atoms with E-state index >= 15 is 0 Å². The number of aryl methyl sites for hydroxylation is 1. The van der Waals surface area contributed by atoms with Crippen LogP contribution >= 0.6 is 23.1 Å². The summed E-state index contributed by atoms with van der Waals surface area (Å²) in [7, 11) is -2.41. The number of amides is 1. The van der Waals surface area contributed by atoms with Crippen molar-refractivity contribution in [1.82, 2.24) is 10.2 Å². The van der Waals surface area contributed by atoms with Crippen LogP contribution in [0.2, 0.25) is 0 Å². The minimum absolute atomic E-state index is 0.103. The molecular weight excluding hydrogens is 517 g/mol. The zero-order valence-electron chi connectivity index (χ0n) is 19.8. The first-order valence-electron chi connectivity index (χ1n) is 10.8. The van der Waals surface area contributed by atoms with Gasteiger partial charge in [0.2, 0.25) is 11.0 Å². The molecule has 0 spiro atoms. The van der Waals surface area contributed by atoms with E-state index in [1.54, 1.807) is 55.6 Å². The largest absolute Gasteiger partial charge is 0.497 e. The van der Waals surface area contributed by atoms with Crippen LogP contribution in [0.3, 0.4) is 0 Å². The molecule has 1 heterocycles. The Morgan fingerprint density at radius 3 is 2.28 bits per heavy atom. The Morgan fingerprint density at radius 2 is 1.67 bits per heavy atom. The van der Waals surface area contributed by atoms with Crippen molar-refractivity contribution in [2.45, 2.75) is 16.7 Å². The first-order chi connectivity index (χ1) is 17.3. The summed E-state index contributed by atoms with van der Waals surface area (Å²) in [4.78, 5) is 14.0. The number of benzene rings is 3. The number of nitrogens with zero attached hydrogens (tertiary/aromatic N) is 3. The van der Waals surface area contributed by atoms with Gasteiger partial charge in [0.25, 0.3) is 10.0 Å². The zero-order valence-corrected chi connectivity index (χ0v) is 22.3. The van der Waals surface area contributed by atoms with Gasteiger partial charge in [-0.15, -0.1) is 22.0 Å². The molecule has 1 aromatic heterocycles. The summed E-state index contributed by atoms with van der Waals surface area (Å²) in [6.45, 7) is 1.49. The molecule has 4 aromatic rings. The van der Waals surface area contributed by atoms with Crippen molar-refractivity contribution in [2.75, 3.05) is 29.5 Å². The Labute approximate surface area is 218 Å². The van der Waals surface area contributed by atoms with E-state index in [0.29, 0.717) is 10.7 Å². The highest BCUT2D eigenvalue weighted by molar-refractivity contribution is 7.98. The van der Waals surface area contributed by atoms with Crippen molar-refractivity contribution in [2.24, 2.45) is 0 Å². The predicted octanol–water partition coefficient (Wildman–Crippen LogP) is 5.08. The second-order valence-corrected chi connectivity index (χ2v) is 11.4. The summed E-state index contributed by atoms with van der Waals surface area (Å²) in [5.41, 5.74) is 2.19. The average Bonchev–Trinajstić information content (AvgIpc) is 3.36. The summed E-state index contributed by atoms with van der Waals surface area (Å²) in [5, 5.41) is 11.7. The average molecular weight is 541 g/mol. The highest BCUT2D eigenvalue weighted by Gasteiger charge is 2.27. The maximum atomic E-state index is 13.6. The lowest BCUT2D eigenvalue weighted by Gasteiger charge is -2.24. The maximum absolute atomic E-state index is 13.6. The Bertz CT molecular complexity index is 1440. The standard InChI is InChI=1S/C25H24N4O4S3/c1-17-4-8-19(9-5-17)29(36(31,32)22-14-12-21(34-3)13-15-22)16-23(30)26-25-28-27-24(35-25)18-6-10-20(33-2)11-7-18/h4-15H,16H2,1-3H3,(H,26,28,30). The molecule has 0 saturated carbocycles. The number of rotatable bonds is 9. The number of hydrogen-bond donors (Lipinski definition) is 1. The van der Waals surface area contributed by atoms with E-state index < -0.39 is 22.5 Å². The highest BCUT2D eigenvalue weighted by Crippen LogP contribution is 2.29. The fraction of sp³-hybridized carbons (Fsp3) is 0.160. The van der Waals surface area contributed by atoms with Crippen molar-refractivity contribution < 1.29 is 17.9 Å². The molecule has 0 aliphatic heterocycles. The number of aromatic nitrogens is 2. The van der Waals surface area contributed by atoms with Gasteiger partial charge in [-0.05, 0) is 73.8 Å². The molecule has 0 unspecified atom stereocenters. The predicted molar refractivity (Wildman–Crippen MR) is 144 cm³/mol. The number of ether oxygens (including phenoxy) is 1. The van der Waals surface area contributed by atoms with Crippen LogP contribution in [-0.4, -0.2) is 44.4 Å². The van der Waals surface area contributed by atoms with Gasteiger partial charge in [0, 0.05) is 10.5 Å². The van der Waals surface area contributed by atoms with Crippen molar-refractivity contribution in [3.8, 4) is 16.3 Å². The Morgan fingerprint density at radius 1 is 1.00 bits per heavy atom. The molecular formula is C25H24N4O4S3. The van der Waals surface area contributed by atoms with Crippen molar-refractivity contribution in [3.63, 3.8) is 0 Å². The topological polar surface area (TPSA) is 101 Å². The lowest BCUT2D eigenvalue weighted by Crippen LogP contribution is -2.38. The third-order valence-corrected chi connectivity index (χ3v) is 8.68. The van der Waals surface area contributed by atoms with Gasteiger partial charge in [0.05, 0.1) is 17.7 Å². The third-order valence-electron chi connectivity index (χ3n) is 5.26. The third kappa shape index (κ3) is 5.86. The number of nitrogens with one attached hydrogen (secondary N) is 1. The molecule has 0 aliphatic carbocycles. The zero-order chi connectivity index (χ0) is 25.7. The summed E-state index contributed by atoms with van der Waals surface area (Å²) in [6, 6.07) is 20.9. The van der Waals surface area contributed by atoms with E-state index in [1.165, 1.54) is 23.1 Å². The smallest absolute Gasteiger partial charge is 0.264 e. The molecule has 0 atom stereocenters. The Kier molecular flexibility index (Phi) is 7.92. The number of sulfonamides is 1. The van der Waals surface area contributed by atoms with Crippen LogP contribution in [0.1, 0.15) is 5.56 Å². The van der Waals surface area contributed by atoms with Gasteiger partial charge in [0.1, 0.15) is 17.3 Å². The Hall–Kier alpha value is -3.41. The lowest BCUT2D eigenvalue weighted by molar-refractivity contribution is -0.114. The molecule has 0 fully saturated rings. The summed E-state index contributed by atoms with van der Waals surface area (Å²) >= 11 is 2.71. The SMILES string of the molecule is COc1ccc(-c2nnc(NC(=O)CN(c3ccc(C)cc3)S(=O)(=O)c3ccc(SC)cc3)s2)cc1. The monoisotopic (exact) mass is 540 g/mol. The molecule has 0 radical (unpaired) electrons. The minimum Gasteiger partial charge on any atom is -0.497 e. The van der Waals surface area contributed by atoms with Gasteiger partial charge in [-0.1, -0.05) is 29.0 Å². The fourth-order valence-electron chi connectivity index (χ4n) is 3.31. The Balaban J connectivity index is 1.56.